The van der Waals surface area contributed by atoms with Gasteiger partial charge in [-0.2, -0.15) is 0 Å². The molecule has 3 aromatic carbocycles. The molecule has 0 aliphatic rings. The van der Waals surface area contributed by atoms with Crippen LogP contribution < -0.4 is 11.2 Å². The number of azo groups is 1. The summed E-state index contributed by atoms with van der Waals surface area (Å²) in [4.78, 5) is 29.0. The van der Waals surface area contributed by atoms with Crippen molar-refractivity contribution < 1.29 is 14.4 Å². The largest absolute Gasteiger partial charge is 0.399 e. The van der Waals surface area contributed by atoms with Gasteiger partial charge in [0.25, 0.3) is 5.91 Å². The van der Waals surface area contributed by atoms with Crippen LogP contribution in [0.25, 0.3) is 0 Å². The standard InChI is InChI=1S/C20H15ClN4O3/c21-18-7-2-1-6-17(18)20(27)28-25-16-10-8-15(9-11-16)23-24-19(26)13-4-3-5-14(22)12-13/h1-12,25H,22H2. The number of nitrogens with two attached hydrogens (primary N) is 1. The molecule has 7 nitrogen and oxygen atoms in total. The number of carbonyl (C=O) groups excluding carboxylic acids is 2. The van der Waals surface area contributed by atoms with Gasteiger partial charge in [0, 0.05) is 11.3 Å². The van der Waals surface area contributed by atoms with Crippen LogP contribution in [0, 0.1) is 0 Å². The molecule has 0 aliphatic heterocycles. The predicted octanol–water partition coefficient (Wildman–Crippen LogP) is 5.03. The third kappa shape index (κ3) is 4.93. The van der Waals surface area contributed by atoms with Crippen molar-refractivity contribution in [3.8, 4) is 0 Å². The SMILES string of the molecule is Nc1cccc(C(=O)N=Nc2ccc(NOC(=O)c3ccccc3Cl)cc2)c1. The fourth-order valence-electron chi connectivity index (χ4n) is 2.22. The summed E-state index contributed by atoms with van der Waals surface area (Å²) in [6.45, 7) is 0. The first-order chi connectivity index (χ1) is 13.5. The number of halogens is 1. The summed E-state index contributed by atoms with van der Waals surface area (Å²) >= 11 is 5.95. The van der Waals surface area contributed by atoms with Gasteiger partial charge in [-0.1, -0.05) is 29.8 Å². The van der Waals surface area contributed by atoms with Crippen LogP contribution in [0.2, 0.25) is 5.02 Å². The van der Waals surface area contributed by atoms with Gasteiger partial charge in [0.15, 0.2) is 0 Å². The number of amides is 1. The molecule has 1 amide bonds. The average Bonchev–Trinajstić information content (AvgIpc) is 2.71. The predicted molar refractivity (Wildman–Crippen MR) is 107 cm³/mol. The molecule has 0 aromatic heterocycles. The van der Waals surface area contributed by atoms with Crippen LogP contribution >= 0.6 is 11.6 Å². The zero-order valence-electron chi connectivity index (χ0n) is 14.5. The monoisotopic (exact) mass is 394 g/mol. The molecule has 0 atom stereocenters. The smallest absolute Gasteiger partial charge is 0.364 e. The van der Waals surface area contributed by atoms with Gasteiger partial charge >= 0.3 is 5.97 Å². The highest BCUT2D eigenvalue weighted by atomic mass is 35.5. The van der Waals surface area contributed by atoms with Crippen molar-refractivity contribution in [3.05, 3.63) is 88.9 Å². The first-order valence-electron chi connectivity index (χ1n) is 8.16. The molecule has 28 heavy (non-hydrogen) atoms. The number of benzene rings is 3. The fourth-order valence-corrected chi connectivity index (χ4v) is 2.43. The Balaban J connectivity index is 1.58. The maximum Gasteiger partial charge on any atom is 0.364 e. The van der Waals surface area contributed by atoms with Crippen LogP contribution in [0.1, 0.15) is 20.7 Å². The van der Waals surface area contributed by atoms with E-state index in [1.54, 1.807) is 66.7 Å². The Labute approximate surface area is 165 Å². The van der Waals surface area contributed by atoms with Crippen LogP contribution in [-0.2, 0) is 4.84 Å². The molecule has 0 aliphatic carbocycles. The topological polar surface area (TPSA) is 106 Å². The van der Waals surface area contributed by atoms with Crippen LogP contribution in [0.4, 0.5) is 17.1 Å². The summed E-state index contributed by atoms with van der Waals surface area (Å²) < 4.78 is 0. The van der Waals surface area contributed by atoms with Crippen LogP contribution in [0.5, 0.6) is 0 Å². The van der Waals surface area contributed by atoms with E-state index in [2.05, 4.69) is 15.7 Å². The van der Waals surface area contributed by atoms with Crippen molar-refractivity contribution in [2.45, 2.75) is 0 Å². The Hall–Kier alpha value is -3.71. The summed E-state index contributed by atoms with van der Waals surface area (Å²) in [6, 6.07) is 19.5. The summed E-state index contributed by atoms with van der Waals surface area (Å²) in [5, 5.41) is 7.86. The summed E-state index contributed by atoms with van der Waals surface area (Å²) in [7, 11) is 0. The highest BCUT2D eigenvalue weighted by molar-refractivity contribution is 6.33. The van der Waals surface area contributed by atoms with Gasteiger partial charge in [0.2, 0.25) is 0 Å². The number of rotatable bonds is 5. The van der Waals surface area contributed by atoms with Crippen molar-refractivity contribution in [1.82, 2.24) is 0 Å². The Bertz CT molecular complexity index is 1040. The molecule has 140 valence electrons. The Morgan fingerprint density at radius 1 is 0.964 bits per heavy atom. The number of nitrogens with zero attached hydrogens (tertiary/aromatic N) is 2. The third-order valence-corrected chi connectivity index (χ3v) is 3.94. The lowest BCUT2D eigenvalue weighted by molar-refractivity contribution is 0.0596. The second-order valence-electron chi connectivity index (χ2n) is 5.65. The molecule has 3 aromatic rings. The van der Waals surface area contributed by atoms with Crippen molar-refractivity contribution in [2.24, 2.45) is 10.2 Å². The van der Waals surface area contributed by atoms with Crippen molar-refractivity contribution in [3.63, 3.8) is 0 Å². The quantitative estimate of drug-likeness (QED) is 0.358. The van der Waals surface area contributed by atoms with E-state index in [-0.39, 0.29) is 5.56 Å². The number of carbonyl (C=O) groups is 2. The second-order valence-corrected chi connectivity index (χ2v) is 6.06. The fraction of sp³-hybridized carbons (Fsp3) is 0. The molecule has 0 spiro atoms. The second kappa shape index (κ2) is 8.79. The van der Waals surface area contributed by atoms with Gasteiger partial charge in [0.05, 0.1) is 22.0 Å². The van der Waals surface area contributed by atoms with Gasteiger partial charge in [-0.25, -0.2) is 10.3 Å². The van der Waals surface area contributed by atoms with E-state index < -0.39 is 11.9 Å². The number of anilines is 2. The van der Waals surface area contributed by atoms with Gasteiger partial charge in [-0.3, -0.25) is 4.79 Å². The zero-order valence-corrected chi connectivity index (χ0v) is 15.3. The van der Waals surface area contributed by atoms with Crippen molar-refractivity contribution >= 4 is 40.5 Å². The number of hydrogen-bond acceptors (Lipinski definition) is 6. The maximum absolute atomic E-state index is 12.0. The first kappa shape index (κ1) is 19.1. The lowest BCUT2D eigenvalue weighted by Crippen LogP contribution is -2.11. The van der Waals surface area contributed by atoms with Crippen molar-refractivity contribution in [1.29, 1.82) is 0 Å². The first-order valence-corrected chi connectivity index (χ1v) is 8.54. The number of nitrogen functional groups attached to an aromatic ring is 1. The molecule has 3 rings (SSSR count). The summed E-state index contributed by atoms with van der Waals surface area (Å²) in [6.07, 6.45) is 0. The molecule has 0 radical (unpaired) electrons. The van der Waals surface area contributed by atoms with Crippen molar-refractivity contribution in [2.75, 3.05) is 11.2 Å². The summed E-state index contributed by atoms with van der Waals surface area (Å²) in [5.74, 6) is -1.11. The Morgan fingerprint density at radius 2 is 1.71 bits per heavy atom. The van der Waals surface area contributed by atoms with Gasteiger partial charge in [-0.15, -0.1) is 10.2 Å². The van der Waals surface area contributed by atoms with E-state index in [9.17, 15) is 9.59 Å². The van der Waals surface area contributed by atoms with Crippen LogP contribution in [-0.4, -0.2) is 11.9 Å². The minimum atomic E-state index is -0.609. The van der Waals surface area contributed by atoms with Crippen LogP contribution in [0.3, 0.4) is 0 Å². The van der Waals surface area contributed by atoms with E-state index in [1.165, 1.54) is 6.07 Å². The Kier molecular flexibility index (Phi) is 5.98. The van der Waals surface area contributed by atoms with Gasteiger partial charge < -0.3 is 10.6 Å². The van der Waals surface area contributed by atoms with Gasteiger partial charge in [-0.05, 0) is 54.6 Å². The zero-order chi connectivity index (χ0) is 19.9. The highest BCUT2D eigenvalue weighted by Gasteiger charge is 2.11. The molecule has 0 saturated carbocycles. The van der Waals surface area contributed by atoms with E-state index in [4.69, 9.17) is 22.2 Å². The molecule has 8 heteroatoms. The van der Waals surface area contributed by atoms with Crippen LogP contribution in [0.15, 0.2) is 83.0 Å². The lowest BCUT2D eigenvalue weighted by atomic mass is 10.2. The van der Waals surface area contributed by atoms with E-state index in [1.807, 2.05) is 0 Å². The number of hydrogen-bond donors (Lipinski definition) is 2. The summed E-state index contributed by atoms with van der Waals surface area (Å²) in [5.41, 5.74) is 10.2. The number of nitrogens with one attached hydrogen (secondary N) is 1. The molecule has 0 saturated heterocycles. The average molecular weight is 395 g/mol. The van der Waals surface area contributed by atoms with E-state index in [0.29, 0.717) is 27.6 Å². The molecule has 0 unspecified atom stereocenters. The minimum absolute atomic E-state index is 0.252. The molecule has 0 heterocycles. The normalized spacial score (nSPS) is 10.6. The Morgan fingerprint density at radius 3 is 2.43 bits per heavy atom. The third-order valence-electron chi connectivity index (χ3n) is 3.61. The molecular formula is C20H15ClN4O3. The lowest BCUT2D eigenvalue weighted by Gasteiger charge is -2.07. The van der Waals surface area contributed by atoms with E-state index in [0.717, 1.165) is 0 Å². The van der Waals surface area contributed by atoms with E-state index >= 15 is 0 Å². The molecular weight excluding hydrogens is 380 g/mol. The minimum Gasteiger partial charge on any atom is -0.399 e. The molecule has 0 fully saturated rings. The molecule has 0 bridgehead atoms. The van der Waals surface area contributed by atoms with Gasteiger partial charge in [0.1, 0.15) is 0 Å². The molecule has 3 N–H and O–H groups in total. The highest BCUT2D eigenvalue weighted by Crippen LogP contribution is 2.19. The maximum atomic E-state index is 12.0.